The molecule has 0 spiro atoms. The van der Waals surface area contributed by atoms with Gasteiger partial charge in [-0.05, 0) is 148 Å². The van der Waals surface area contributed by atoms with E-state index in [1.54, 1.807) is 48.5 Å². The minimum Gasteiger partial charge on any atom is -0.494 e. The molecule has 0 unspecified atom stereocenters. The number of carbonyl (C=O) groups excluding carboxylic acids is 4. The van der Waals surface area contributed by atoms with Crippen molar-refractivity contribution in [3.63, 3.8) is 0 Å². The molecule has 0 aliphatic heterocycles. The molecular formula is C56H61ClO10. The number of hydrogen-bond acceptors (Lipinski definition) is 10. The molecule has 0 N–H and O–H groups in total. The van der Waals surface area contributed by atoms with Crippen molar-refractivity contribution in [3.05, 3.63) is 168 Å². The van der Waals surface area contributed by atoms with Gasteiger partial charge in [-0.25, -0.2) is 19.2 Å². The lowest BCUT2D eigenvalue weighted by Gasteiger charge is -2.10. The number of unbranched alkanes of at least 4 members (excludes halogenated alkanes) is 14. The van der Waals surface area contributed by atoms with Gasteiger partial charge in [0.15, 0.2) is 5.75 Å². The summed E-state index contributed by atoms with van der Waals surface area (Å²) in [6.07, 6.45) is 22.6. The van der Waals surface area contributed by atoms with E-state index in [9.17, 15) is 19.2 Å². The van der Waals surface area contributed by atoms with Crippen LogP contribution >= 0.6 is 11.6 Å². The summed E-state index contributed by atoms with van der Waals surface area (Å²) >= 11 is 6.33. The molecule has 11 heteroatoms. The van der Waals surface area contributed by atoms with Crippen molar-refractivity contribution in [2.45, 2.75) is 103 Å². The maximum Gasteiger partial charge on any atom is 0.343 e. The molecule has 5 aromatic carbocycles. The molecule has 352 valence electrons. The summed E-state index contributed by atoms with van der Waals surface area (Å²) < 4.78 is 33.7. The molecule has 0 atom stereocenters. The Balaban J connectivity index is 1.01. The van der Waals surface area contributed by atoms with Crippen LogP contribution < -0.4 is 28.4 Å². The van der Waals surface area contributed by atoms with E-state index in [0.717, 1.165) is 38.5 Å². The van der Waals surface area contributed by atoms with E-state index in [1.807, 2.05) is 12.2 Å². The summed E-state index contributed by atoms with van der Waals surface area (Å²) in [7, 11) is 0. The van der Waals surface area contributed by atoms with Crippen LogP contribution in [0.2, 0.25) is 5.02 Å². The van der Waals surface area contributed by atoms with E-state index in [1.165, 1.54) is 131 Å². The number of halogens is 1. The lowest BCUT2D eigenvalue weighted by molar-refractivity contribution is 0.0723. The van der Waals surface area contributed by atoms with Gasteiger partial charge in [-0.2, -0.15) is 0 Å². The highest BCUT2D eigenvalue weighted by Crippen LogP contribution is 2.31. The maximum atomic E-state index is 13.1. The van der Waals surface area contributed by atoms with Crippen LogP contribution in [0, 0.1) is 0 Å². The zero-order valence-electron chi connectivity index (χ0n) is 38.2. The fourth-order valence-electron chi connectivity index (χ4n) is 6.90. The summed E-state index contributed by atoms with van der Waals surface area (Å²) in [5.41, 5.74) is 1.04. The van der Waals surface area contributed by atoms with Crippen molar-refractivity contribution in [3.8, 4) is 34.5 Å². The summed E-state index contributed by atoms with van der Waals surface area (Å²) in [6, 6.07) is 29.5. The van der Waals surface area contributed by atoms with Crippen LogP contribution in [0.4, 0.5) is 0 Å². The van der Waals surface area contributed by atoms with Gasteiger partial charge in [0.05, 0.1) is 40.5 Å². The van der Waals surface area contributed by atoms with Crippen LogP contribution in [0.25, 0.3) is 0 Å². The van der Waals surface area contributed by atoms with Crippen LogP contribution in [-0.2, 0) is 0 Å². The second-order valence-corrected chi connectivity index (χ2v) is 16.5. The maximum absolute atomic E-state index is 13.1. The van der Waals surface area contributed by atoms with Crippen molar-refractivity contribution < 1.29 is 47.6 Å². The average Bonchev–Trinajstić information content (AvgIpc) is 3.34. The molecule has 0 heterocycles. The molecule has 5 rings (SSSR count). The van der Waals surface area contributed by atoms with E-state index in [-0.39, 0.29) is 39.1 Å². The topological polar surface area (TPSA) is 124 Å². The minimum absolute atomic E-state index is 0.0382. The fourth-order valence-corrected chi connectivity index (χ4v) is 7.06. The van der Waals surface area contributed by atoms with Crippen LogP contribution in [0.15, 0.2) is 141 Å². The number of ether oxygens (including phenoxy) is 6. The van der Waals surface area contributed by atoms with Crippen LogP contribution in [0.5, 0.6) is 34.5 Å². The molecule has 0 saturated heterocycles. The number of esters is 4. The Morgan fingerprint density at radius 1 is 0.373 bits per heavy atom. The van der Waals surface area contributed by atoms with Gasteiger partial charge < -0.3 is 28.4 Å². The predicted molar refractivity (Wildman–Crippen MR) is 262 cm³/mol. The molecule has 0 fully saturated rings. The first kappa shape index (κ1) is 51.3. The molecule has 0 aliphatic carbocycles. The molecule has 0 aliphatic rings. The Labute approximate surface area is 399 Å². The number of rotatable bonds is 30. The van der Waals surface area contributed by atoms with Gasteiger partial charge in [0.25, 0.3) is 0 Å². The van der Waals surface area contributed by atoms with Crippen LogP contribution in [0.3, 0.4) is 0 Å². The number of carbonyl (C=O) groups is 4. The third-order valence-electron chi connectivity index (χ3n) is 10.7. The van der Waals surface area contributed by atoms with Crippen molar-refractivity contribution in [1.82, 2.24) is 0 Å². The first-order chi connectivity index (χ1) is 32.7. The quantitative estimate of drug-likeness (QED) is 0.0190. The van der Waals surface area contributed by atoms with Gasteiger partial charge in [-0.1, -0.05) is 88.0 Å². The van der Waals surface area contributed by atoms with Crippen molar-refractivity contribution >= 4 is 35.5 Å². The van der Waals surface area contributed by atoms with E-state index in [0.29, 0.717) is 35.8 Å². The second kappa shape index (κ2) is 29.1. The predicted octanol–water partition coefficient (Wildman–Crippen LogP) is 14.6. The summed E-state index contributed by atoms with van der Waals surface area (Å²) in [5, 5.41) is 0.108. The molecule has 0 radical (unpaired) electrons. The average molecular weight is 930 g/mol. The van der Waals surface area contributed by atoms with E-state index in [4.69, 9.17) is 40.0 Å². The Hall–Kier alpha value is -6.65. The largest absolute Gasteiger partial charge is 0.494 e. The van der Waals surface area contributed by atoms with Gasteiger partial charge in [0.1, 0.15) is 28.7 Å². The highest BCUT2D eigenvalue weighted by atomic mass is 35.5. The van der Waals surface area contributed by atoms with Gasteiger partial charge >= 0.3 is 23.9 Å². The van der Waals surface area contributed by atoms with Gasteiger partial charge in [0.2, 0.25) is 0 Å². The molecule has 0 aromatic heterocycles. The monoisotopic (exact) mass is 928 g/mol. The highest BCUT2D eigenvalue weighted by Gasteiger charge is 2.17. The molecule has 0 bridgehead atoms. The van der Waals surface area contributed by atoms with E-state index < -0.39 is 23.9 Å². The van der Waals surface area contributed by atoms with E-state index >= 15 is 0 Å². The molecule has 0 amide bonds. The molecule has 10 nitrogen and oxygen atoms in total. The van der Waals surface area contributed by atoms with E-state index in [2.05, 4.69) is 13.2 Å². The minimum atomic E-state index is -0.741. The Kier molecular flexibility index (Phi) is 22.3. The zero-order chi connectivity index (χ0) is 47.5. The Morgan fingerprint density at radius 2 is 0.672 bits per heavy atom. The summed E-state index contributed by atoms with van der Waals surface area (Å²) in [4.78, 5) is 51.7. The SMILES string of the molecule is C=CCCCCCCCCCOc1ccc(C(=O)Oc2ccc(C(=O)Oc3ccc(Cl)c(OC(=O)c4ccc(OC(=O)c5ccc(OCCCCCCCCCC=C)cc5)cc4)c3)cc2)cc1. The van der Waals surface area contributed by atoms with Gasteiger partial charge in [0, 0.05) is 6.07 Å². The molecule has 67 heavy (non-hydrogen) atoms. The molecule has 0 saturated carbocycles. The third-order valence-corrected chi connectivity index (χ3v) is 11.1. The van der Waals surface area contributed by atoms with Crippen molar-refractivity contribution in [1.29, 1.82) is 0 Å². The first-order valence-corrected chi connectivity index (χ1v) is 23.7. The lowest BCUT2D eigenvalue weighted by Crippen LogP contribution is -2.11. The lowest BCUT2D eigenvalue weighted by atomic mass is 10.1. The van der Waals surface area contributed by atoms with Crippen LogP contribution in [0.1, 0.15) is 144 Å². The molecular weight excluding hydrogens is 868 g/mol. The fraction of sp³-hybridized carbons (Fsp3) is 0.321. The zero-order valence-corrected chi connectivity index (χ0v) is 39.0. The van der Waals surface area contributed by atoms with Gasteiger partial charge in [-0.3, -0.25) is 0 Å². The summed E-state index contributed by atoms with van der Waals surface area (Å²) in [6.45, 7) is 8.76. The number of benzene rings is 5. The second-order valence-electron chi connectivity index (χ2n) is 16.0. The number of allylic oxidation sites excluding steroid dienone is 2. The van der Waals surface area contributed by atoms with Gasteiger partial charge in [-0.15, -0.1) is 13.2 Å². The van der Waals surface area contributed by atoms with Crippen LogP contribution in [-0.4, -0.2) is 37.1 Å². The first-order valence-electron chi connectivity index (χ1n) is 23.3. The van der Waals surface area contributed by atoms with Crippen molar-refractivity contribution in [2.24, 2.45) is 0 Å². The number of hydrogen-bond donors (Lipinski definition) is 0. The Morgan fingerprint density at radius 3 is 1.04 bits per heavy atom. The normalized spacial score (nSPS) is 10.7. The molecule has 5 aromatic rings. The smallest absolute Gasteiger partial charge is 0.343 e. The third kappa shape index (κ3) is 18.6. The summed E-state index contributed by atoms with van der Waals surface area (Å²) in [5.74, 6) is -0.694. The Bertz CT molecular complexity index is 2320. The highest BCUT2D eigenvalue weighted by molar-refractivity contribution is 6.32. The standard InChI is InChI=1S/C56H61ClO10/c1-3-5-7-9-11-13-15-17-19-39-62-46-29-21-42(22-30-46)53(58)64-48-33-25-44(26-34-48)55(60)66-50-37-38-51(57)52(41-50)67-56(61)45-27-35-49(36-28-45)65-54(59)43-23-31-47(32-24-43)63-40-20-18-16-14-12-10-8-6-4-2/h3-4,21-38,41H,1-2,5-20,39-40H2. The van der Waals surface area contributed by atoms with Crippen molar-refractivity contribution in [2.75, 3.05) is 13.2 Å².